The van der Waals surface area contributed by atoms with Crippen molar-refractivity contribution in [2.45, 2.75) is 24.8 Å². The van der Waals surface area contributed by atoms with Crippen LogP contribution in [0.3, 0.4) is 0 Å². The number of piperidine rings is 1. The van der Waals surface area contributed by atoms with Crippen LogP contribution in [0.2, 0.25) is 0 Å². The van der Waals surface area contributed by atoms with Gasteiger partial charge < -0.3 is 4.74 Å². The molecule has 0 unspecified atom stereocenters. The van der Waals surface area contributed by atoms with E-state index in [9.17, 15) is 4.79 Å². The van der Waals surface area contributed by atoms with Gasteiger partial charge >= 0.3 is 0 Å². The average molecular weight is 311 g/mol. The fourth-order valence-corrected chi connectivity index (χ4v) is 5.66. The van der Waals surface area contributed by atoms with Gasteiger partial charge in [0.15, 0.2) is 0 Å². The molecule has 0 bridgehead atoms. The van der Waals surface area contributed by atoms with E-state index in [0.29, 0.717) is 25.0 Å². The number of carbonyl (C=O) groups excluding carboxylic acids is 1. The first-order chi connectivity index (χ1) is 11.2. The number of para-hydroxylation sites is 1. The molecule has 0 aromatic heterocycles. The fraction of sp³-hybridized carbons (Fsp3) is 0.556. The summed E-state index contributed by atoms with van der Waals surface area (Å²) in [5, 5.41) is 8.92. The summed E-state index contributed by atoms with van der Waals surface area (Å²) in [5.74, 6) is 0.996. The number of hydrogen-bond acceptors (Lipinski definition) is 4. The molecule has 3 atom stereocenters. The van der Waals surface area contributed by atoms with Crippen LogP contribution in [0, 0.1) is 16.7 Å². The number of hydrogen-bond donors (Lipinski definition) is 1. The number of benzene rings is 1. The Balaban J connectivity index is 1.61. The van der Waals surface area contributed by atoms with Gasteiger partial charge in [0.2, 0.25) is 5.91 Å². The number of nitrogens with zero attached hydrogens (tertiary/aromatic N) is 2. The van der Waals surface area contributed by atoms with Crippen molar-refractivity contribution in [3.8, 4) is 0 Å². The Bertz CT molecular complexity index is 685. The van der Waals surface area contributed by atoms with E-state index in [0.717, 1.165) is 38.0 Å². The first-order valence-corrected chi connectivity index (χ1v) is 8.56. The predicted octanol–water partition coefficient (Wildman–Crippen LogP) is 1.88. The van der Waals surface area contributed by atoms with Crippen molar-refractivity contribution < 1.29 is 9.53 Å². The molecular weight excluding hydrogens is 290 g/mol. The van der Waals surface area contributed by atoms with Gasteiger partial charge in [-0.25, -0.2) is 0 Å². The SMILES string of the molecule is N=C1N(c2ccccc2)C(=O)[C@]23CCC[C@H]2[C@]13N1CCOCC1. The molecule has 23 heavy (non-hydrogen) atoms. The number of anilines is 1. The molecule has 2 aliphatic carbocycles. The van der Waals surface area contributed by atoms with Crippen LogP contribution in [0.25, 0.3) is 0 Å². The molecule has 5 nitrogen and oxygen atoms in total. The van der Waals surface area contributed by atoms with Crippen molar-refractivity contribution in [2.75, 3.05) is 31.2 Å². The van der Waals surface area contributed by atoms with E-state index in [1.165, 1.54) is 0 Å². The van der Waals surface area contributed by atoms with Crippen molar-refractivity contribution >= 4 is 17.4 Å². The highest BCUT2D eigenvalue weighted by atomic mass is 16.5. The Morgan fingerprint density at radius 2 is 1.91 bits per heavy atom. The molecular formula is C18H21N3O2. The Hall–Kier alpha value is -1.72. The third-order valence-electron chi connectivity index (χ3n) is 6.45. The van der Waals surface area contributed by atoms with Crippen molar-refractivity contribution in [3.63, 3.8) is 0 Å². The molecule has 4 fully saturated rings. The standard InChI is InChI=1S/C18H21N3O2/c19-15-18(20-9-11-23-12-10-20)14-7-4-8-17(14,18)16(22)21(15)13-5-2-1-3-6-13/h1-3,5-6,14,19H,4,7-12H2/t14-,17+,18+/m1/s1. The lowest BCUT2D eigenvalue weighted by Crippen LogP contribution is -2.53. The van der Waals surface area contributed by atoms with Gasteiger partial charge in [-0.3, -0.25) is 20.0 Å². The molecule has 4 aliphatic rings. The average Bonchev–Trinajstić information content (AvgIpc) is 2.86. The summed E-state index contributed by atoms with van der Waals surface area (Å²) in [6.07, 6.45) is 3.12. The van der Waals surface area contributed by atoms with Gasteiger partial charge in [-0.2, -0.15) is 0 Å². The summed E-state index contributed by atoms with van der Waals surface area (Å²) < 4.78 is 5.51. The molecule has 120 valence electrons. The third-order valence-corrected chi connectivity index (χ3v) is 6.45. The second-order valence-corrected chi connectivity index (χ2v) is 7.11. The van der Waals surface area contributed by atoms with E-state index < -0.39 is 0 Å². The number of morpholine rings is 1. The Labute approximate surface area is 135 Å². The molecule has 2 saturated carbocycles. The van der Waals surface area contributed by atoms with Gasteiger partial charge in [-0.15, -0.1) is 0 Å². The zero-order valence-electron chi connectivity index (χ0n) is 13.1. The normalized spacial score (nSPS) is 39.5. The molecule has 2 saturated heterocycles. The lowest BCUT2D eigenvalue weighted by molar-refractivity contribution is -0.123. The minimum Gasteiger partial charge on any atom is -0.379 e. The van der Waals surface area contributed by atoms with Crippen LogP contribution in [0.5, 0.6) is 0 Å². The molecule has 5 heteroatoms. The van der Waals surface area contributed by atoms with Gasteiger partial charge in [0, 0.05) is 19.0 Å². The van der Waals surface area contributed by atoms with Gasteiger partial charge in [0.25, 0.3) is 0 Å². The van der Waals surface area contributed by atoms with Crippen molar-refractivity contribution in [1.29, 1.82) is 5.41 Å². The van der Waals surface area contributed by atoms with Crippen LogP contribution in [0.4, 0.5) is 5.69 Å². The zero-order valence-corrected chi connectivity index (χ0v) is 13.1. The number of ether oxygens (including phenoxy) is 1. The smallest absolute Gasteiger partial charge is 0.241 e. The number of fused-ring (bicyclic) bond motifs is 1. The van der Waals surface area contributed by atoms with Crippen LogP contribution in [-0.2, 0) is 9.53 Å². The fourth-order valence-electron chi connectivity index (χ4n) is 5.66. The second kappa shape index (κ2) is 4.42. The topological polar surface area (TPSA) is 56.6 Å². The van der Waals surface area contributed by atoms with Crippen LogP contribution in [0.15, 0.2) is 30.3 Å². The number of carbonyl (C=O) groups is 1. The summed E-state index contributed by atoms with van der Waals surface area (Å²) in [6, 6.07) is 9.69. The number of rotatable bonds is 2. The van der Waals surface area contributed by atoms with Crippen LogP contribution in [-0.4, -0.2) is 48.5 Å². The lowest BCUT2D eigenvalue weighted by Gasteiger charge is -2.37. The number of amidine groups is 1. The van der Waals surface area contributed by atoms with Crippen molar-refractivity contribution in [2.24, 2.45) is 11.3 Å². The molecule has 2 heterocycles. The molecule has 1 aromatic carbocycles. The first-order valence-electron chi connectivity index (χ1n) is 8.56. The maximum absolute atomic E-state index is 13.3. The lowest BCUT2D eigenvalue weighted by atomic mass is 9.95. The monoisotopic (exact) mass is 311 g/mol. The van der Waals surface area contributed by atoms with Crippen LogP contribution >= 0.6 is 0 Å². The highest BCUT2D eigenvalue weighted by Crippen LogP contribution is 2.77. The van der Waals surface area contributed by atoms with Crippen molar-refractivity contribution in [1.82, 2.24) is 4.90 Å². The predicted molar refractivity (Wildman–Crippen MR) is 86.6 cm³/mol. The quantitative estimate of drug-likeness (QED) is 0.907. The molecule has 5 rings (SSSR count). The summed E-state index contributed by atoms with van der Waals surface area (Å²) in [7, 11) is 0. The second-order valence-electron chi connectivity index (χ2n) is 7.11. The van der Waals surface area contributed by atoms with E-state index in [-0.39, 0.29) is 16.9 Å². The summed E-state index contributed by atoms with van der Waals surface area (Å²) in [6.45, 7) is 3.07. The Morgan fingerprint density at radius 1 is 1.17 bits per heavy atom. The van der Waals surface area contributed by atoms with E-state index in [1.54, 1.807) is 4.90 Å². The molecule has 1 spiro atoms. The van der Waals surface area contributed by atoms with Crippen molar-refractivity contribution in [3.05, 3.63) is 30.3 Å². The van der Waals surface area contributed by atoms with Crippen LogP contribution < -0.4 is 4.90 Å². The maximum atomic E-state index is 13.3. The van der Waals surface area contributed by atoms with Crippen LogP contribution in [0.1, 0.15) is 19.3 Å². The molecule has 2 aliphatic heterocycles. The minimum absolute atomic E-state index is 0.155. The summed E-state index contributed by atoms with van der Waals surface area (Å²) >= 11 is 0. The third kappa shape index (κ3) is 1.37. The highest BCUT2D eigenvalue weighted by molar-refractivity contribution is 6.32. The van der Waals surface area contributed by atoms with E-state index in [1.807, 2.05) is 30.3 Å². The maximum Gasteiger partial charge on any atom is 0.241 e. The van der Waals surface area contributed by atoms with E-state index in [4.69, 9.17) is 10.1 Å². The number of amides is 1. The zero-order chi connectivity index (χ0) is 15.7. The molecule has 1 amide bonds. The molecule has 0 radical (unpaired) electrons. The van der Waals surface area contributed by atoms with Gasteiger partial charge in [0.05, 0.1) is 29.9 Å². The minimum atomic E-state index is -0.359. The van der Waals surface area contributed by atoms with E-state index >= 15 is 0 Å². The Morgan fingerprint density at radius 3 is 2.65 bits per heavy atom. The number of nitrogens with one attached hydrogen (secondary N) is 1. The molecule has 1 aromatic rings. The van der Waals surface area contributed by atoms with Gasteiger partial charge in [0.1, 0.15) is 5.84 Å². The largest absolute Gasteiger partial charge is 0.379 e. The summed E-state index contributed by atoms with van der Waals surface area (Å²) in [4.78, 5) is 17.4. The van der Waals surface area contributed by atoms with E-state index in [2.05, 4.69) is 4.90 Å². The first kappa shape index (κ1) is 13.7. The highest BCUT2D eigenvalue weighted by Gasteiger charge is 2.90. The molecule has 1 N–H and O–H groups in total. The van der Waals surface area contributed by atoms with Gasteiger partial charge in [-0.1, -0.05) is 24.6 Å². The summed E-state index contributed by atoms with van der Waals surface area (Å²) in [5.41, 5.74) is 0.140. The Kier molecular flexibility index (Phi) is 2.63. The van der Waals surface area contributed by atoms with Gasteiger partial charge in [-0.05, 0) is 25.0 Å².